The Bertz CT molecular complexity index is 802. The smallest absolute Gasteiger partial charge is 0.274 e. The quantitative estimate of drug-likeness (QED) is 0.470. The minimum Gasteiger partial charge on any atom is -0.299 e. The summed E-state index contributed by atoms with van der Waals surface area (Å²) in [5, 5.41) is 11.1. The van der Waals surface area contributed by atoms with Crippen LogP contribution in [0.25, 0.3) is 0 Å². The number of hydrogen-bond donors (Lipinski definition) is 0. The lowest BCUT2D eigenvalue weighted by molar-refractivity contribution is -0.385. The van der Waals surface area contributed by atoms with Gasteiger partial charge in [0.2, 0.25) is 11.8 Å². The van der Waals surface area contributed by atoms with Gasteiger partial charge in [-0.1, -0.05) is 6.07 Å². The Morgan fingerprint density at radius 2 is 1.83 bits per heavy atom. The largest absolute Gasteiger partial charge is 0.299 e. The molecule has 124 valence electrons. The number of amides is 2. The van der Waals surface area contributed by atoms with Gasteiger partial charge < -0.3 is 0 Å². The lowest BCUT2D eigenvalue weighted by Gasteiger charge is -2.41. The zero-order chi connectivity index (χ0) is 17.2. The molecule has 1 aromatic carbocycles. The van der Waals surface area contributed by atoms with E-state index in [2.05, 4.69) is 0 Å². The van der Waals surface area contributed by atoms with E-state index in [0.717, 1.165) is 11.3 Å². The number of rotatable bonds is 2. The molecule has 3 aliphatic carbocycles. The SMILES string of the molecule is Cc1ccc(N2C(=O)C3C4CCC(C(=O)C4)C3C2=O)cc1[N+](=O)[O-]. The molecular formula is C17H16N2O5. The van der Waals surface area contributed by atoms with Gasteiger partial charge in [-0.15, -0.1) is 0 Å². The lowest BCUT2D eigenvalue weighted by Crippen LogP contribution is -2.46. The number of nitro groups is 1. The molecule has 1 heterocycles. The van der Waals surface area contributed by atoms with Crippen molar-refractivity contribution in [1.29, 1.82) is 0 Å². The van der Waals surface area contributed by atoms with Crippen LogP contribution in [0.4, 0.5) is 11.4 Å². The van der Waals surface area contributed by atoms with Crippen LogP contribution >= 0.6 is 0 Å². The molecule has 1 aromatic rings. The number of imide groups is 1. The molecule has 0 radical (unpaired) electrons. The normalized spacial score (nSPS) is 31.5. The van der Waals surface area contributed by atoms with E-state index in [-0.39, 0.29) is 40.8 Å². The van der Waals surface area contributed by atoms with Crippen molar-refractivity contribution in [3.63, 3.8) is 0 Å². The number of carbonyl (C=O) groups excluding carboxylic acids is 3. The van der Waals surface area contributed by atoms with Crippen molar-refractivity contribution in [2.24, 2.45) is 23.7 Å². The zero-order valence-corrected chi connectivity index (χ0v) is 13.1. The van der Waals surface area contributed by atoms with E-state index in [9.17, 15) is 24.5 Å². The summed E-state index contributed by atoms with van der Waals surface area (Å²) in [4.78, 5) is 49.5. The molecule has 5 rings (SSSR count). The number of fused-ring (bicyclic) bond motifs is 2. The molecule has 0 spiro atoms. The maximum absolute atomic E-state index is 12.8. The van der Waals surface area contributed by atoms with Crippen molar-refractivity contribution in [2.45, 2.75) is 26.2 Å². The van der Waals surface area contributed by atoms with Crippen LogP contribution in [-0.2, 0) is 14.4 Å². The van der Waals surface area contributed by atoms with Gasteiger partial charge in [0.25, 0.3) is 5.69 Å². The Morgan fingerprint density at radius 1 is 1.12 bits per heavy atom. The summed E-state index contributed by atoms with van der Waals surface area (Å²) in [6.07, 6.45) is 1.82. The van der Waals surface area contributed by atoms with Crippen molar-refractivity contribution < 1.29 is 19.3 Å². The van der Waals surface area contributed by atoms with E-state index in [1.54, 1.807) is 13.0 Å². The highest BCUT2D eigenvalue weighted by molar-refractivity contribution is 6.23. The number of nitrogens with zero attached hydrogens (tertiary/aromatic N) is 2. The third-order valence-electron chi connectivity index (χ3n) is 5.71. The fraction of sp³-hybridized carbons (Fsp3) is 0.471. The van der Waals surface area contributed by atoms with Gasteiger partial charge in [-0.3, -0.25) is 24.5 Å². The predicted molar refractivity (Wildman–Crippen MR) is 83.1 cm³/mol. The summed E-state index contributed by atoms with van der Waals surface area (Å²) in [7, 11) is 0. The van der Waals surface area contributed by atoms with Crippen LogP contribution in [-0.4, -0.2) is 22.5 Å². The molecule has 4 fully saturated rings. The van der Waals surface area contributed by atoms with Gasteiger partial charge in [-0.25, -0.2) is 4.90 Å². The fourth-order valence-corrected chi connectivity index (χ4v) is 4.57. The molecule has 7 heteroatoms. The van der Waals surface area contributed by atoms with Crippen LogP contribution < -0.4 is 4.90 Å². The molecule has 4 unspecified atom stereocenters. The molecule has 1 saturated heterocycles. The highest BCUT2D eigenvalue weighted by Gasteiger charge is 2.61. The van der Waals surface area contributed by atoms with E-state index in [4.69, 9.17) is 0 Å². The molecule has 2 bridgehead atoms. The first-order valence-electron chi connectivity index (χ1n) is 8.05. The number of benzene rings is 1. The van der Waals surface area contributed by atoms with Crippen LogP contribution in [0.1, 0.15) is 24.8 Å². The highest BCUT2D eigenvalue weighted by atomic mass is 16.6. The standard InChI is InChI=1S/C17H16N2O5/c1-8-2-4-10(7-12(8)19(23)24)18-16(21)14-9-3-5-11(13(20)6-9)15(14)17(18)22/h2,4,7,9,11,14-15H,3,5-6H2,1H3. The average Bonchev–Trinajstić information content (AvgIpc) is 2.81. The van der Waals surface area contributed by atoms with Crippen LogP contribution in [0, 0.1) is 40.7 Å². The topological polar surface area (TPSA) is 97.6 Å². The molecule has 24 heavy (non-hydrogen) atoms. The monoisotopic (exact) mass is 328 g/mol. The molecule has 1 aliphatic heterocycles. The van der Waals surface area contributed by atoms with E-state index in [0.29, 0.717) is 18.4 Å². The highest BCUT2D eigenvalue weighted by Crippen LogP contribution is 2.52. The maximum Gasteiger partial charge on any atom is 0.274 e. The van der Waals surface area contributed by atoms with Gasteiger partial charge in [-0.2, -0.15) is 0 Å². The van der Waals surface area contributed by atoms with E-state index >= 15 is 0 Å². The van der Waals surface area contributed by atoms with Gasteiger partial charge in [0.05, 0.1) is 22.4 Å². The summed E-state index contributed by atoms with van der Waals surface area (Å²) in [5.74, 6) is -2.11. The second-order valence-electron chi connectivity index (χ2n) is 6.91. The third-order valence-corrected chi connectivity index (χ3v) is 5.71. The van der Waals surface area contributed by atoms with Crippen LogP contribution in [0.2, 0.25) is 0 Å². The van der Waals surface area contributed by atoms with Crippen LogP contribution in [0.15, 0.2) is 18.2 Å². The second-order valence-corrected chi connectivity index (χ2v) is 6.91. The Hall–Kier alpha value is -2.57. The van der Waals surface area contributed by atoms with Crippen molar-refractivity contribution >= 4 is 29.0 Å². The van der Waals surface area contributed by atoms with E-state index < -0.39 is 16.8 Å². The first-order chi connectivity index (χ1) is 11.4. The molecule has 4 atom stereocenters. The van der Waals surface area contributed by atoms with Gasteiger partial charge in [0.15, 0.2) is 0 Å². The number of aryl methyl sites for hydroxylation is 1. The predicted octanol–water partition coefficient (Wildman–Crippen LogP) is 2.01. The Labute approximate surface area is 137 Å². The first-order valence-corrected chi connectivity index (χ1v) is 8.05. The average molecular weight is 328 g/mol. The van der Waals surface area contributed by atoms with Crippen molar-refractivity contribution in [3.8, 4) is 0 Å². The van der Waals surface area contributed by atoms with Gasteiger partial charge in [0, 0.05) is 24.0 Å². The Balaban J connectivity index is 1.77. The van der Waals surface area contributed by atoms with Crippen molar-refractivity contribution in [1.82, 2.24) is 0 Å². The Kier molecular flexibility index (Phi) is 3.10. The minimum atomic E-state index is -0.585. The second kappa shape index (κ2) is 4.96. The first kappa shape index (κ1) is 15.0. The number of hydrogen-bond acceptors (Lipinski definition) is 5. The molecule has 0 N–H and O–H groups in total. The summed E-state index contributed by atoms with van der Waals surface area (Å²) in [6, 6.07) is 4.36. The number of anilines is 1. The molecule has 3 saturated carbocycles. The van der Waals surface area contributed by atoms with E-state index in [1.807, 2.05) is 0 Å². The van der Waals surface area contributed by atoms with E-state index in [1.165, 1.54) is 12.1 Å². The molecule has 7 nitrogen and oxygen atoms in total. The Morgan fingerprint density at radius 3 is 2.50 bits per heavy atom. The van der Waals surface area contributed by atoms with Crippen molar-refractivity contribution in [3.05, 3.63) is 33.9 Å². The van der Waals surface area contributed by atoms with Crippen LogP contribution in [0.3, 0.4) is 0 Å². The summed E-state index contributed by atoms with van der Waals surface area (Å²) in [6.45, 7) is 1.61. The van der Waals surface area contributed by atoms with Gasteiger partial charge in [-0.05, 0) is 31.7 Å². The summed E-state index contributed by atoms with van der Waals surface area (Å²) < 4.78 is 0. The maximum atomic E-state index is 12.8. The zero-order valence-electron chi connectivity index (χ0n) is 13.1. The summed E-state index contributed by atoms with van der Waals surface area (Å²) in [5.41, 5.74) is 0.570. The van der Waals surface area contributed by atoms with Gasteiger partial charge in [0.1, 0.15) is 5.78 Å². The molecular weight excluding hydrogens is 312 g/mol. The van der Waals surface area contributed by atoms with Crippen molar-refractivity contribution in [2.75, 3.05) is 4.90 Å². The number of ketones is 1. The third kappa shape index (κ3) is 1.87. The minimum absolute atomic E-state index is 0.0744. The van der Waals surface area contributed by atoms with Gasteiger partial charge >= 0.3 is 0 Å². The molecule has 2 amide bonds. The fourth-order valence-electron chi connectivity index (χ4n) is 4.57. The number of nitro benzene ring substituents is 1. The molecule has 0 aromatic heterocycles. The number of carbonyl (C=O) groups is 3. The number of Topliss-reactive ketones (excluding diaryl/α,β-unsaturated/α-hetero) is 1. The summed E-state index contributed by atoms with van der Waals surface area (Å²) >= 11 is 0. The lowest BCUT2D eigenvalue weighted by atomic mass is 9.59. The van der Waals surface area contributed by atoms with Crippen LogP contribution in [0.5, 0.6) is 0 Å². The molecule has 4 aliphatic rings.